The van der Waals surface area contributed by atoms with Crippen molar-refractivity contribution >= 4 is 41.3 Å². The Morgan fingerprint density at radius 2 is 2.33 bits per heavy atom. The van der Waals surface area contributed by atoms with Gasteiger partial charge in [0.2, 0.25) is 0 Å². The van der Waals surface area contributed by atoms with Crippen LogP contribution in [0.3, 0.4) is 0 Å². The van der Waals surface area contributed by atoms with Crippen molar-refractivity contribution in [3.8, 4) is 0 Å². The van der Waals surface area contributed by atoms with E-state index in [1.54, 1.807) is 11.3 Å². The summed E-state index contributed by atoms with van der Waals surface area (Å²) in [6, 6.07) is 0. The maximum atomic E-state index is 5.61. The molecule has 2 rings (SSSR count). The van der Waals surface area contributed by atoms with Crippen LogP contribution in [0, 0.1) is 0 Å². The zero-order valence-electron chi connectivity index (χ0n) is 12.7. The highest BCUT2D eigenvalue weighted by atomic mass is 127. The fourth-order valence-corrected chi connectivity index (χ4v) is 2.88. The molecule has 1 aromatic rings. The molecule has 1 saturated heterocycles. The second-order valence-electron chi connectivity index (χ2n) is 4.78. The van der Waals surface area contributed by atoms with Crippen molar-refractivity contribution in [2.45, 2.75) is 45.8 Å². The van der Waals surface area contributed by atoms with Crippen molar-refractivity contribution in [2.24, 2.45) is 4.99 Å². The molecule has 1 atom stereocenters. The monoisotopic (exact) mass is 424 g/mol. The van der Waals surface area contributed by atoms with Gasteiger partial charge in [-0.3, -0.25) is 0 Å². The van der Waals surface area contributed by atoms with Crippen LogP contribution in [0.25, 0.3) is 0 Å². The molecule has 0 saturated carbocycles. The van der Waals surface area contributed by atoms with E-state index in [1.807, 2.05) is 6.20 Å². The number of rotatable bonds is 6. The van der Waals surface area contributed by atoms with Crippen LogP contribution < -0.4 is 10.6 Å². The second kappa shape index (κ2) is 10.3. The smallest absolute Gasteiger partial charge is 0.191 e. The van der Waals surface area contributed by atoms with Crippen LogP contribution in [0.5, 0.6) is 0 Å². The lowest BCUT2D eigenvalue weighted by Gasteiger charge is -2.14. The molecule has 0 aromatic carbocycles. The predicted octanol–water partition coefficient (Wildman–Crippen LogP) is 2.56. The molecule has 21 heavy (non-hydrogen) atoms. The summed E-state index contributed by atoms with van der Waals surface area (Å²) in [6.45, 7) is 7.42. The SMILES string of the molecule is CCNC(=NCc1ncc(CC)s1)NCC1CCCO1.I. The molecule has 2 N–H and O–H groups in total. The number of halogens is 1. The lowest BCUT2D eigenvalue weighted by atomic mass is 10.2. The molecule has 0 radical (unpaired) electrons. The molecule has 1 unspecified atom stereocenters. The van der Waals surface area contributed by atoms with Crippen LogP contribution in [0.15, 0.2) is 11.2 Å². The first kappa shape index (κ1) is 18.6. The molecule has 0 amide bonds. The number of aromatic nitrogens is 1. The lowest BCUT2D eigenvalue weighted by Crippen LogP contribution is -2.41. The average molecular weight is 424 g/mol. The Labute approximate surface area is 148 Å². The number of guanidine groups is 1. The van der Waals surface area contributed by atoms with Gasteiger partial charge in [-0.2, -0.15) is 0 Å². The Kier molecular flexibility index (Phi) is 9.18. The minimum absolute atomic E-state index is 0. The quantitative estimate of drug-likeness (QED) is 0.419. The maximum absolute atomic E-state index is 5.61. The van der Waals surface area contributed by atoms with Gasteiger partial charge in [0, 0.05) is 30.8 Å². The topological polar surface area (TPSA) is 58.5 Å². The van der Waals surface area contributed by atoms with E-state index in [2.05, 4.69) is 34.5 Å². The van der Waals surface area contributed by atoms with E-state index >= 15 is 0 Å². The number of aryl methyl sites for hydroxylation is 1. The highest BCUT2D eigenvalue weighted by Gasteiger charge is 2.15. The number of ether oxygens (including phenoxy) is 1. The Morgan fingerprint density at radius 1 is 1.48 bits per heavy atom. The van der Waals surface area contributed by atoms with Crippen LogP contribution in [0.2, 0.25) is 0 Å². The maximum Gasteiger partial charge on any atom is 0.191 e. The van der Waals surface area contributed by atoms with Crippen molar-refractivity contribution in [3.05, 3.63) is 16.1 Å². The van der Waals surface area contributed by atoms with Crippen molar-refractivity contribution < 1.29 is 4.74 Å². The molecule has 2 heterocycles. The third kappa shape index (κ3) is 6.48. The van der Waals surface area contributed by atoms with Gasteiger partial charge >= 0.3 is 0 Å². The minimum Gasteiger partial charge on any atom is -0.376 e. The lowest BCUT2D eigenvalue weighted by molar-refractivity contribution is 0.114. The molecule has 0 aliphatic carbocycles. The van der Waals surface area contributed by atoms with Gasteiger partial charge < -0.3 is 15.4 Å². The van der Waals surface area contributed by atoms with Crippen LogP contribution in [0.1, 0.15) is 36.6 Å². The van der Waals surface area contributed by atoms with Gasteiger partial charge in [-0.1, -0.05) is 6.92 Å². The molecule has 1 aromatic heterocycles. The standard InChI is InChI=1S/C14H24N4OS.HI/c1-3-12-9-16-13(20-12)10-18-14(15-4-2)17-8-11-6-5-7-19-11;/h9,11H,3-8,10H2,1-2H3,(H2,15,17,18);1H. The van der Waals surface area contributed by atoms with Gasteiger partial charge in [0.1, 0.15) is 5.01 Å². The Bertz CT molecular complexity index is 432. The third-order valence-electron chi connectivity index (χ3n) is 3.19. The minimum atomic E-state index is 0. The summed E-state index contributed by atoms with van der Waals surface area (Å²) in [6.07, 6.45) is 5.61. The summed E-state index contributed by atoms with van der Waals surface area (Å²) < 4.78 is 5.61. The van der Waals surface area contributed by atoms with Gasteiger partial charge in [-0.05, 0) is 26.2 Å². The summed E-state index contributed by atoms with van der Waals surface area (Å²) in [5.41, 5.74) is 0. The third-order valence-corrected chi connectivity index (χ3v) is 4.31. The van der Waals surface area contributed by atoms with Gasteiger partial charge in [-0.25, -0.2) is 9.98 Å². The molecule has 7 heteroatoms. The highest BCUT2D eigenvalue weighted by Crippen LogP contribution is 2.14. The van der Waals surface area contributed by atoms with Crippen LogP contribution in [-0.2, 0) is 17.7 Å². The number of thiazole rings is 1. The summed E-state index contributed by atoms with van der Waals surface area (Å²) >= 11 is 1.74. The number of aliphatic imine (C=N–C) groups is 1. The highest BCUT2D eigenvalue weighted by molar-refractivity contribution is 14.0. The van der Waals surface area contributed by atoms with E-state index in [9.17, 15) is 0 Å². The Hall–Kier alpha value is -0.410. The van der Waals surface area contributed by atoms with E-state index in [1.165, 1.54) is 11.3 Å². The van der Waals surface area contributed by atoms with E-state index in [-0.39, 0.29) is 24.0 Å². The molecule has 0 spiro atoms. The van der Waals surface area contributed by atoms with Crippen LogP contribution in [-0.4, -0.2) is 36.7 Å². The fraction of sp³-hybridized carbons (Fsp3) is 0.714. The number of nitrogens with zero attached hydrogens (tertiary/aromatic N) is 2. The molecule has 5 nitrogen and oxygen atoms in total. The van der Waals surface area contributed by atoms with E-state index < -0.39 is 0 Å². The second-order valence-corrected chi connectivity index (χ2v) is 5.98. The summed E-state index contributed by atoms with van der Waals surface area (Å²) in [7, 11) is 0. The van der Waals surface area contributed by atoms with Crippen molar-refractivity contribution in [3.63, 3.8) is 0 Å². The van der Waals surface area contributed by atoms with E-state index in [0.717, 1.165) is 43.5 Å². The van der Waals surface area contributed by atoms with Crippen molar-refractivity contribution in [1.82, 2.24) is 15.6 Å². The molecule has 0 bridgehead atoms. The molecule has 1 fully saturated rings. The van der Waals surface area contributed by atoms with Gasteiger partial charge in [0.25, 0.3) is 0 Å². The van der Waals surface area contributed by atoms with Crippen molar-refractivity contribution in [2.75, 3.05) is 19.7 Å². The average Bonchev–Trinajstić information content (AvgIpc) is 3.13. The first-order chi connectivity index (χ1) is 9.81. The predicted molar refractivity (Wildman–Crippen MR) is 98.7 cm³/mol. The first-order valence-electron chi connectivity index (χ1n) is 7.39. The van der Waals surface area contributed by atoms with Gasteiger partial charge in [0.05, 0.1) is 12.6 Å². The van der Waals surface area contributed by atoms with E-state index in [0.29, 0.717) is 12.6 Å². The summed E-state index contributed by atoms with van der Waals surface area (Å²) in [5, 5.41) is 7.67. The number of hydrogen-bond donors (Lipinski definition) is 2. The molecule has 1 aliphatic rings. The van der Waals surface area contributed by atoms with Crippen LogP contribution in [0.4, 0.5) is 0 Å². The largest absolute Gasteiger partial charge is 0.376 e. The van der Waals surface area contributed by atoms with Gasteiger partial charge in [0.15, 0.2) is 5.96 Å². The van der Waals surface area contributed by atoms with Crippen LogP contribution >= 0.6 is 35.3 Å². The fourth-order valence-electron chi connectivity index (χ4n) is 2.09. The van der Waals surface area contributed by atoms with Crippen molar-refractivity contribution in [1.29, 1.82) is 0 Å². The zero-order chi connectivity index (χ0) is 14.2. The van der Waals surface area contributed by atoms with E-state index in [4.69, 9.17) is 4.74 Å². The molecule has 1 aliphatic heterocycles. The zero-order valence-corrected chi connectivity index (χ0v) is 15.9. The summed E-state index contributed by atoms with van der Waals surface area (Å²) in [5.74, 6) is 0.844. The normalized spacial score (nSPS) is 18.4. The van der Waals surface area contributed by atoms with Gasteiger partial charge in [-0.15, -0.1) is 35.3 Å². The molecular formula is C14H25IN4OS. The summed E-state index contributed by atoms with van der Waals surface area (Å²) in [4.78, 5) is 10.3. The Morgan fingerprint density at radius 3 is 2.95 bits per heavy atom. The first-order valence-corrected chi connectivity index (χ1v) is 8.20. The number of nitrogens with one attached hydrogen (secondary N) is 2. The molecular weight excluding hydrogens is 399 g/mol. The molecule has 120 valence electrons. The Balaban J connectivity index is 0.00000220. The number of hydrogen-bond acceptors (Lipinski definition) is 4.